The van der Waals surface area contributed by atoms with Gasteiger partial charge in [0.15, 0.2) is 0 Å². The summed E-state index contributed by atoms with van der Waals surface area (Å²) in [4.78, 5) is 3.74. The highest BCUT2D eigenvalue weighted by atomic mass is 32.2. The van der Waals surface area contributed by atoms with Crippen molar-refractivity contribution >= 4 is 10.1 Å². The third-order valence-corrected chi connectivity index (χ3v) is 3.84. The smallest absolute Gasteiger partial charge is 0.264 e. The lowest BCUT2D eigenvalue weighted by Gasteiger charge is -2.33. The van der Waals surface area contributed by atoms with E-state index in [4.69, 9.17) is 4.18 Å². The topological polar surface area (TPSA) is 94.3 Å². The summed E-state index contributed by atoms with van der Waals surface area (Å²) in [7, 11) is -3.83. The van der Waals surface area contributed by atoms with Gasteiger partial charge in [-0.3, -0.25) is 4.18 Å². The van der Waals surface area contributed by atoms with Crippen molar-refractivity contribution in [3.63, 3.8) is 0 Å². The van der Waals surface area contributed by atoms with Crippen LogP contribution in [0.2, 0.25) is 0 Å². The monoisotopic (exact) mass is 329 g/mol. The van der Waals surface area contributed by atoms with Gasteiger partial charge < -0.3 is 5.11 Å². The Morgan fingerprint density at radius 2 is 2.14 bits per heavy atom. The lowest BCUT2D eigenvalue weighted by atomic mass is 9.88. The first-order chi connectivity index (χ1) is 10.2. The molecule has 120 valence electrons. The van der Waals surface area contributed by atoms with Crippen molar-refractivity contribution in [2.24, 2.45) is 0 Å². The first-order valence-corrected chi connectivity index (χ1v) is 8.22. The molecule has 0 radical (unpaired) electrons. The molecule has 0 aliphatic heterocycles. The molecule has 0 amide bonds. The quantitative estimate of drug-likeness (QED) is 0.783. The predicted molar refractivity (Wildman–Crippen MR) is 75.7 cm³/mol. The van der Waals surface area contributed by atoms with Crippen molar-refractivity contribution in [2.75, 3.05) is 6.26 Å². The normalized spacial score (nSPS) is 16.2. The van der Waals surface area contributed by atoms with Crippen LogP contribution in [0, 0.1) is 5.82 Å². The molecule has 0 aliphatic carbocycles. The van der Waals surface area contributed by atoms with Gasteiger partial charge in [0, 0.05) is 5.56 Å². The Hall–Kier alpha value is -1.84. The lowest BCUT2D eigenvalue weighted by Crippen LogP contribution is -2.44. The molecule has 0 aliphatic rings. The molecule has 1 N–H and O–H groups in total. The fraction of sp³-hybridized carbons (Fsp3) is 0.385. The largest absolute Gasteiger partial charge is 0.380 e. The van der Waals surface area contributed by atoms with Crippen molar-refractivity contribution in [2.45, 2.75) is 25.2 Å². The van der Waals surface area contributed by atoms with E-state index in [2.05, 4.69) is 10.1 Å². The van der Waals surface area contributed by atoms with E-state index in [1.807, 2.05) is 0 Å². The summed E-state index contributed by atoms with van der Waals surface area (Å²) in [5.41, 5.74) is -2.02. The van der Waals surface area contributed by atoms with Crippen LogP contribution in [0.15, 0.2) is 36.9 Å². The van der Waals surface area contributed by atoms with E-state index in [0.717, 1.165) is 6.26 Å². The van der Waals surface area contributed by atoms with E-state index in [9.17, 15) is 17.9 Å². The van der Waals surface area contributed by atoms with E-state index in [-0.39, 0.29) is 12.1 Å². The Labute approximate surface area is 127 Å². The third kappa shape index (κ3) is 3.67. The molecule has 0 saturated carbocycles. The van der Waals surface area contributed by atoms with E-state index in [1.165, 1.54) is 48.5 Å². The first kappa shape index (κ1) is 16.5. The summed E-state index contributed by atoms with van der Waals surface area (Å²) in [5, 5.41) is 14.8. The second-order valence-corrected chi connectivity index (χ2v) is 6.54. The molecule has 9 heteroatoms. The summed E-state index contributed by atoms with van der Waals surface area (Å²) in [6.45, 7) is 1.13. The number of rotatable bonds is 6. The highest BCUT2D eigenvalue weighted by molar-refractivity contribution is 7.86. The van der Waals surface area contributed by atoms with Crippen LogP contribution < -0.4 is 0 Å². The maximum atomic E-state index is 14.1. The van der Waals surface area contributed by atoms with Crippen molar-refractivity contribution < 1.29 is 22.1 Å². The number of hydrogen-bond acceptors (Lipinski definition) is 6. The van der Waals surface area contributed by atoms with Crippen LogP contribution >= 0.6 is 0 Å². The van der Waals surface area contributed by atoms with Crippen LogP contribution in [-0.2, 0) is 26.4 Å². The molecule has 1 heterocycles. The number of halogens is 1. The Kier molecular flexibility index (Phi) is 4.59. The molecule has 2 rings (SSSR count). The van der Waals surface area contributed by atoms with Crippen LogP contribution in [0.1, 0.15) is 12.5 Å². The van der Waals surface area contributed by atoms with Crippen LogP contribution in [0.4, 0.5) is 4.39 Å². The Balaban J connectivity index is 2.46. The standard InChI is InChI=1S/C13H16FN3O4S/c1-10(21-22(2,19)20)13(18,7-17-9-15-8-16-17)11-5-3-4-6-12(11)14/h3-6,8-10,18H,7H2,1-2H3/t10-,13-/m0/s1. The van der Waals surface area contributed by atoms with Gasteiger partial charge in [-0.15, -0.1) is 0 Å². The maximum absolute atomic E-state index is 14.1. The summed E-state index contributed by atoms with van der Waals surface area (Å²) in [6.07, 6.45) is 2.22. The predicted octanol–water partition coefficient (Wildman–Crippen LogP) is 0.670. The SMILES string of the molecule is C[C@H](OS(C)(=O)=O)[C@@](O)(Cn1cncn1)c1ccccc1F. The molecule has 1 aromatic heterocycles. The molecular formula is C13H16FN3O4S. The molecule has 2 atom stereocenters. The van der Waals surface area contributed by atoms with Crippen molar-refractivity contribution in [3.8, 4) is 0 Å². The van der Waals surface area contributed by atoms with Crippen molar-refractivity contribution in [1.82, 2.24) is 14.8 Å². The van der Waals surface area contributed by atoms with Gasteiger partial charge in [-0.05, 0) is 13.0 Å². The van der Waals surface area contributed by atoms with Crippen LogP contribution in [0.3, 0.4) is 0 Å². The first-order valence-electron chi connectivity index (χ1n) is 6.40. The van der Waals surface area contributed by atoms with Gasteiger partial charge >= 0.3 is 0 Å². The van der Waals surface area contributed by atoms with Gasteiger partial charge in [-0.2, -0.15) is 13.5 Å². The Morgan fingerprint density at radius 1 is 1.45 bits per heavy atom. The zero-order valence-corrected chi connectivity index (χ0v) is 12.9. The molecule has 0 spiro atoms. The molecule has 0 unspecified atom stereocenters. The average Bonchev–Trinajstić information content (AvgIpc) is 2.89. The van der Waals surface area contributed by atoms with Crippen LogP contribution in [0.25, 0.3) is 0 Å². The number of benzene rings is 1. The molecular weight excluding hydrogens is 313 g/mol. The van der Waals surface area contributed by atoms with Crippen LogP contribution in [-0.4, -0.2) is 40.6 Å². The number of aromatic nitrogens is 3. The van der Waals surface area contributed by atoms with Gasteiger partial charge in [0.25, 0.3) is 10.1 Å². The Bertz CT molecular complexity index is 736. The summed E-state index contributed by atoms with van der Waals surface area (Å²) < 4.78 is 42.9. The zero-order valence-electron chi connectivity index (χ0n) is 12.0. The molecule has 7 nitrogen and oxygen atoms in total. The van der Waals surface area contributed by atoms with Gasteiger partial charge in [0.1, 0.15) is 30.2 Å². The van der Waals surface area contributed by atoms with E-state index in [0.29, 0.717) is 0 Å². The second-order valence-electron chi connectivity index (χ2n) is 4.94. The second kappa shape index (κ2) is 6.11. The number of hydrogen-bond donors (Lipinski definition) is 1. The van der Waals surface area contributed by atoms with E-state index >= 15 is 0 Å². The average molecular weight is 329 g/mol. The van der Waals surface area contributed by atoms with Gasteiger partial charge in [-0.25, -0.2) is 14.1 Å². The minimum absolute atomic E-state index is 0.0818. The Morgan fingerprint density at radius 3 is 2.68 bits per heavy atom. The third-order valence-electron chi connectivity index (χ3n) is 3.20. The zero-order chi connectivity index (χ0) is 16.4. The molecule has 22 heavy (non-hydrogen) atoms. The number of aliphatic hydroxyl groups is 1. The highest BCUT2D eigenvalue weighted by Gasteiger charge is 2.41. The molecule has 1 aromatic carbocycles. The van der Waals surface area contributed by atoms with Crippen molar-refractivity contribution in [1.29, 1.82) is 0 Å². The van der Waals surface area contributed by atoms with Gasteiger partial charge in [0.05, 0.1) is 12.8 Å². The van der Waals surface area contributed by atoms with Crippen LogP contribution in [0.5, 0.6) is 0 Å². The maximum Gasteiger partial charge on any atom is 0.264 e. The van der Waals surface area contributed by atoms with E-state index < -0.39 is 27.6 Å². The minimum atomic E-state index is -3.83. The molecule has 0 fully saturated rings. The molecule has 2 aromatic rings. The fourth-order valence-electron chi connectivity index (χ4n) is 2.15. The molecule has 0 bridgehead atoms. The summed E-state index contributed by atoms with van der Waals surface area (Å²) in [6, 6.07) is 5.55. The van der Waals surface area contributed by atoms with Gasteiger partial charge in [0.2, 0.25) is 0 Å². The highest BCUT2D eigenvalue weighted by Crippen LogP contribution is 2.31. The molecule has 0 saturated heterocycles. The van der Waals surface area contributed by atoms with E-state index in [1.54, 1.807) is 0 Å². The lowest BCUT2D eigenvalue weighted by molar-refractivity contribution is -0.0734. The minimum Gasteiger partial charge on any atom is -0.380 e. The summed E-state index contributed by atoms with van der Waals surface area (Å²) in [5.74, 6) is -0.672. The van der Waals surface area contributed by atoms with Crippen molar-refractivity contribution in [3.05, 3.63) is 48.3 Å². The summed E-state index contributed by atoms with van der Waals surface area (Å²) >= 11 is 0. The van der Waals surface area contributed by atoms with Gasteiger partial charge in [-0.1, -0.05) is 18.2 Å². The number of nitrogens with zero attached hydrogens (tertiary/aromatic N) is 3. The fourth-order valence-corrected chi connectivity index (χ4v) is 2.83.